The third-order valence-corrected chi connectivity index (χ3v) is 4.25. The standard InChI is InChI=1S/C22H18N4O6/c27-25(28)21-10-3-1-8-19(21)13-23-31-15-17-6-5-7-18(12-17)16-32-24-14-20-9-2-4-11-22(20)26(29)30/h1-14H,15-16H2/b23-13+,24-14+. The molecule has 0 heterocycles. The molecule has 10 heteroatoms. The molecule has 0 saturated heterocycles. The summed E-state index contributed by atoms with van der Waals surface area (Å²) in [7, 11) is 0. The van der Waals surface area contributed by atoms with Crippen molar-refractivity contribution in [2.24, 2.45) is 10.3 Å². The summed E-state index contributed by atoms with van der Waals surface area (Å²) in [4.78, 5) is 31.5. The normalized spacial score (nSPS) is 11.0. The van der Waals surface area contributed by atoms with Gasteiger partial charge in [0.2, 0.25) is 0 Å². The summed E-state index contributed by atoms with van der Waals surface area (Å²) < 4.78 is 0. The number of benzene rings is 3. The Balaban J connectivity index is 1.53. The van der Waals surface area contributed by atoms with Gasteiger partial charge in [-0.1, -0.05) is 52.8 Å². The molecule has 0 aliphatic rings. The van der Waals surface area contributed by atoms with Crippen LogP contribution in [-0.4, -0.2) is 22.3 Å². The van der Waals surface area contributed by atoms with E-state index in [1.54, 1.807) is 36.4 Å². The third kappa shape index (κ3) is 6.20. The van der Waals surface area contributed by atoms with Gasteiger partial charge in [-0.25, -0.2) is 0 Å². The predicted octanol–water partition coefficient (Wildman–Crippen LogP) is 4.60. The molecule has 0 bridgehead atoms. The van der Waals surface area contributed by atoms with E-state index in [1.807, 2.05) is 24.3 Å². The van der Waals surface area contributed by atoms with E-state index in [9.17, 15) is 20.2 Å². The van der Waals surface area contributed by atoms with Crippen molar-refractivity contribution in [1.29, 1.82) is 0 Å². The van der Waals surface area contributed by atoms with E-state index in [0.29, 0.717) is 11.1 Å². The van der Waals surface area contributed by atoms with Crippen LogP contribution in [0.5, 0.6) is 0 Å². The van der Waals surface area contributed by atoms with Crippen LogP contribution in [0.3, 0.4) is 0 Å². The first-order valence-corrected chi connectivity index (χ1v) is 9.40. The van der Waals surface area contributed by atoms with E-state index >= 15 is 0 Å². The zero-order valence-corrected chi connectivity index (χ0v) is 16.7. The summed E-state index contributed by atoms with van der Waals surface area (Å²) in [6.07, 6.45) is 2.59. The minimum Gasteiger partial charge on any atom is -0.391 e. The minimum absolute atomic E-state index is 0.0552. The first kappa shape index (κ1) is 22.1. The minimum atomic E-state index is -0.483. The van der Waals surface area contributed by atoms with Gasteiger partial charge in [0.15, 0.2) is 0 Å². The van der Waals surface area contributed by atoms with E-state index in [1.165, 1.54) is 24.6 Å². The Kier molecular flexibility index (Phi) is 7.58. The second-order valence-corrected chi connectivity index (χ2v) is 6.47. The Morgan fingerprint density at radius 2 is 1.12 bits per heavy atom. The Labute approximate surface area is 182 Å². The molecule has 0 unspecified atom stereocenters. The average Bonchev–Trinajstić information content (AvgIpc) is 2.80. The maximum Gasteiger partial charge on any atom is 0.278 e. The van der Waals surface area contributed by atoms with Gasteiger partial charge in [0, 0.05) is 12.1 Å². The van der Waals surface area contributed by atoms with Crippen LogP contribution < -0.4 is 0 Å². The lowest BCUT2D eigenvalue weighted by molar-refractivity contribution is -0.385. The van der Waals surface area contributed by atoms with Crippen molar-refractivity contribution in [3.05, 3.63) is 115 Å². The molecular formula is C22H18N4O6. The van der Waals surface area contributed by atoms with Crippen LogP contribution in [-0.2, 0) is 22.9 Å². The number of para-hydroxylation sites is 2. The van der Waals surface area contributed by atoms with Crippen LogP contribution in [0.25, 0.3) is 0 Å². The molecule has 10 nitrogen and oxygen atoms in total. The van der Waals surface area contributed by atoms with E-state index in [-0.39, 0.29) is 24.6 Å². The number of nitro groups is 2. The molecule has 32 heavy (non-hydrogen) atoms. The Bertz CT molecular complexity index is 1080. The number of hydrogen-bond acceptors (Lipinski definition) is 8. The fourth-order valence-corrected chi connectivity index (χ4v) is 2.75. The Morgan fingerprint density at radius 1 is 0.688 bits per heavy atom. The van der Waals surface area contributed by atoms with Crippen LogP contribution in [0.15, 0.2) is 83.1 Å². The van der Waals surface area contributed by atoms with Crippen molar-refractivity contribution in [2.45, 2.75) is 13.2 Å². The van der Waals surface area contributed by atoms with Gasteiger partial charge in [-0.3, -0.25) is 20.2 Å². The molecule has 0 radical (unpaired) electrons. The van der Waals surface area contributed by atoms with Gasteiger partial charge in [0.05, 0.1) is 33.4 Å². The molecular weight excluding hydrogens is 416 g/mol. The molecule has 0 saturated carbocycles. The molecule has 0 spiro atoms. The highest BCUT2D eigenvalue weighted by atomic mass is 16.6. The van der Waals surface area contributed by atoms with Gasteiger partial charge in [-0.05, 0) is 29.3 Å². The highest BCUT2D eigenvalue weighted by Crippen LogP contribution is 2.16. The van der Waals surface area contributed by atoms with Crippen LogP contribution in [0.1, 0.15) is 22.3 Å². The molecule has 0 amide bonds. The SMILES string of the molecule is O=[N+]([O-])c1ccccc1/C=N/OCc1cccc(CO/N=C/c2ccccc2[N+](=O)[O-])c1. The molecule has 0 atom stereocenters. The maximum absolute atomic E-state index is 11.0. The second kappa shape index (κ2) is 11.0. The number of hydrogen-bond donors (Lipinski definition) is 0. The van der Waals surface area contributed by atoms with Crippen LogP contribution in [0, 0.1) is 20.2 Å². The first-order chi connectivity index (χ1) is 15.5. The second-order valence-electron chi connectivity index (χ2n) is 6.47. The van der Waals surface area contributed by atoms with E-state index in [0.717, 1.165) is 11.1 Å². The molecule has 3 aromatic carbocycles. The average molecular weight is 434 g/mol. The summed E-state index contributed by atoms with van der Waals surface area (Å²) in [6, 6.07) is 19.8. The summed E-state index contributed by atoms with van der Waals surface area (Å²) in [5.74, 6) is 0. The molecule has 162 valence electrons. The molecule has 0 aliphatic carbocycles. The van der Waals surface area contributed by atoms with Crippen LogP contribution in [0.2, 0.25) is 0 Å². The number of oxime groups is 2. The molecule has 3 aromatic rings. The molecule has 3 rings (SSSR count). The van der Waals surface area contributed by atoms with Crippen molar-refractivity contribution in [3.8, 4) is 0 Å². The van der Waals surface area contributed by atoms with Crippen LogP contribution >= 0.6 is 0 Å². The van der Waals surface area contributed by atoms with Crippen LogP contribution in [0.4, 0.5) is 11.4 Å². The monoisotopic (exact) mass is 434 g/mol. The molecule has 0 fully saturated rings. The van der Waals surface area contributed by atoms with Crippen molar-refractivity contribution in [2.75, 3.05) is 0 Å². The van der Waals surface area contributed by atoms with E-state index in [4.69, 9.17) is 9.68 Å². The molecule has 0 aromatic heterocycles. The maximum atomic E-state index is 11.0. The van der Waals surface area contributed by atoms with Gasteiger partial charge in [-0.2, -0.15) is 0 Å². The van der Waals surface area contributed by atoms with Gasteiger partial charge in [0.25, 0.3) is 11.4 Å². The zero-order chi connectivity index (χ0) is 22.8. The highest BCUT2D eigenvalue weighted by molar-refractivity contribution is 5.85. The van der Waals surface area contributed by atoms with Gasteiger partial charge in [0.1, 0.15) is 13.2 Å². The topological polar surface area (TPSA) is 129 Å². The fourth-order valence-electron chi connectivity index (χ4n) is 2.75. The summed E-state index contributed by atoms with van der Waals surface area (Å²) in [5.41, 5.74) is 2.20. The first-order valence-electron chi connectivity index (χ1n) is 9.40. The van der Waals surface area contributed by atoms with Crippen molar-refractivity contribution < 1.29 is 19.5 Å². The highest BCUT2D eigenvalue weighted by Gasteiger charge is 2.11. The quantitative estimate of drug-likeness (QED) is 0.260. The van der Waals surface area contributed by atoms with Gasteiger partial charge in [-0.15, -0.1) is 0 Å². The number of nitro benzene ring substituents is 2. The third-order valence-electron chi connectivity index (χ3n) is 4.25. The molecule has 0 aliphatic heterocycles. The van der Waals surface area contributed by atoms with E-state index < -0.39 is 9.85 Å². The lowest BCUT2D eigenvalue weighted by Crippen LogP contribution is -1.96. The lowest BCUT2D eigenvalue weighted by Gasteiger charge is -2.04. The zero-order valence-electron chi connectivity index (χ0n) is 16.7. The van der Waals surface area contributed by atoms with Crippen molar-refractivity contribution in [3.63, 3.8) is 0 Å². The number of rotatable bonds is 10. The summed E-state index contributed by atoms with van der Waals surface area (Å²) in [6.45, 7) is 0.314. The summed E-state index contributed by atoms with van der Waals surface area (Å²) in [5, 5.41) is 29.6. The van der Waals surface area contributed by atoms with E-state index in [2.05, 4.69) is 10.3 Å². The Morgan fingerprint density at radius 3 is 1.56 bits per heavy atom. The lowest BCUT2D eigenvalue weighted by atomic mass is 10.1. The smallest absolute Gasteiger partial charge is 0.278 e. The summed E-state index contributed by atoms with van der Waals surface area (Å²) >= 11 is 0. The predicted molar refractivity (Wildman–Crippen MR) is 117 cm³/mol. The van der Waals surface area contributed by atoms with Gasteiger partial charge < -0.3 is 9.68 Å². The number of nitrogens with zero attached hydrogens (tertiary/aromatic N) is 4. The van der Waals surface area contributed by atoms with Crippen molar-refractivity contribution in [1.82, 2.24) is 0 Å². The van der Waals surface area contributed by atoms with Gasteiger partial charge >= 0.3 is 0 Å². The fraction of sp³-hybridized carbons (Fsp3) is 0.0909. The largest absolute Gasteiger partial charge is 0.391 e. The molecule has 0 N–H and O–H groups in total. The van der Waals surface area contributed by atoms with Crippen molar-refractivity contribution >= 4 is 23.8 Å². The Hall–Kier alpha value is -4.60.